The van der Waals surface area contributed by atoms with Crippen LogP contribution >= 0.6 is 0 Å². The second-order valence-corrected chi connectivity index (χ2v) is 2.90. The Bertz CT molecular complexity index is 168. The van der Waals surface area contributed by atoms with E-state index in [9.17, 15) is 4.79 Å². The molecule has 0 spiro atoms. The van der Waals surface area contributed by atoms with E-state index in [1.54, 1.807) is 0 Å². The summed E-state index contributed by atoms with van der Waals surface area (Å²) >= 11 is 0. The maximum atomic E-state index is 10.8. The van der Waals surface area contributed by atoms with Crippen molar-refractivity contribution in [1.82, 2.24) is 0 Å². The van der Waals surface area contributed by atoms with Crippen molar-refractivity contribution in [3.05, 3.63) is 0 Å². The van der Waals surface area contributed by atoms with Crippen molar-refractivity contribution in [1.29, 1.82) is 0 Å². The first-order valence-electron chi connectivity index (χ1n) is 3.80. The summed E-state index contributed by atoms with van der Waals surface area (Å²) in [6.45, 7) is 4.21. The van der Waals surface area contributed by atoms with E-state index in [-0.39, 0.29) is 11.3 Å². The number of nitrogens with zero attached hydrogens (tertiary/aromatic N) is 1. The molecule has 0 fully saturated rings. The van der Waals surface area contributed by atoms with E-state index in [0.717, 1.165) is 12.8 Å². The molecule has 2 nitrogen and oxygen atoms in total. The molecular weight excluding hydrogens is 126 g/mol. The SMILES string of the molecule is CCC1(CC)C=NC(=O)C1. The summed E-state index contributed by atoms with van der Waals surface area (Å²) in [5.41, 5.74) is 0.108. The molecule has 0 aliphatic carbocycles. The molecule has 1 heterocycles. The number of amides is 1. The van der Waals surface area contributed by atoms with Gasteiger partial charge in [-0.3, -0.25) is 4.79 Å². The normalized spacial score (nSPS) is 22.0. The molecule has 0 N–H and O–H groups in total. The smallest absolute Gasteiger partial charge is 0.246 e. The number of hydrogen-bond acceptors (Lipinski definition) is 1. The van der Waals surface area contributed by atoms with Gasteiger partial charge in [-0.1, -0.05) is 13.8 Å². The van der Waals surface area contributed by atoms with E-state index >= 15 is 0 Å². The predicted octanol–water partition coefficient (Wildman–Crippen LogP) is 1.79. The van der Waals surface area contributed by atoms with Gasteiger partial charge in [0.1, 0.15) is 0 Å². The van der Waals surface area contributed by atoms with Crippen LogP contribution in [0.25, 0.3) is 0 Å². The van der Waals surface area contributed by atoms with Crippen LogP contribution in [0, 0.1) is 5.41 Å². The molecule has 0 atom stereocenters. The van der Waals surface area contributed by atoms with Crippen molar-refractivity contribution >= 4 is 12.1 Å². The third-order valence-electron chi connectivity index (χ3n) is 2.39. The Labute approximate surface area is 61.3 Å². The zero-order chi connectivity index (χ0) is 7.61. The molecule has 1 rings (SSSR count). The monoisotopic (exact) mass is 139 g/mol. The number of hydrogen-bond donors (Lipinski definition) is 0. The Hall–Kier alpha value is -0.660. The number of carbonyl (C=O) groups is 1. The second-order valence-electron chi connectivity index (χ2n) is 2.90. The quantitative estimate of drug-likeness (QED) is 0.573. The van der Waals surface area contributed by atoms with Crippen LogP contribution in [-0.2, 0) is 4.79 Å². The van der Waals surface area contributed by atoms with Gasteiger partial charge in [0.15, 0.2) is 0 Å². The van der Waals surface area contributed by atoms with Crippen LogP contribution in [0.15, 0.2) is 4.99 Å². The van der Waals surface area contributed by atoms with Crippen molar-refractivity contribution in [3.8, 4) is 0 Å². The Morgan fingerprint density at radius 1 is 1.60 bits per heavy atom. The fourth-order valence-corrected chi connectivity index (χ4v) is 1.28. The molecule has 1 aliphatic rings. The van der Waals surface area contributed by atoms with Gasteiger partial charge in [-0.15, -0.1) is 0 Å². The number of carbonyl (C=O) groups excluding carboxylic acids is 1. The lowest BCUT2D eigenvalue weighted by atomic mass is 9.82. The summed E-state index contributed by atoms with van der Waals surface area (Å²) in [7, 11) is 0. The Kier molecular flexibility index (Phi) is 1.88. The number of rotatable bonds is 2. The lowest BCUT2D eigenvalue weighted by molar-refractivity contribution is -0.118. The molecule has 0 aromatic heterocycles. The minimum Gasteiger partial charge on any atom is -0.273 e. The summed E-state index contributed by atoms with van der Waals surface area (Å²) in [5, 5.41) is 0. The van der Waals surface area contributed by atoms with Crippen molar-refractivity contribution < 1.29 is 4.79 Å². The van der Waals surface area contributed by atoms with Crippen LogP contribution in [0.3, 0.4) is 0 Å². The van der Waals surface area contributed by atoms with Gasteiger partial charge < -0.3 is 0 Å². The first-order chi connectivity index (χ1) is 4.72. The average Bonchev–Trinajstić information content (AvgIpc) is 2.33. The van der Waals surface area contributed by atoms with E-state index in [4.69, 9.17) is 0 Å². The fraction of sp³-hybridized carbons (Fsp3) is 0.750. The number of aliphatic imine (C=N–C) groups is 1. The molecule has 1 amide bonds. The van der Waals surface area contributed by atoms with Gasteiger partial charge in [0.2, 0.25) is 5.91 Å². The summed E-state index contributed by atoms with van der Waals surface area (Å²) in [6.07, 6.45) is 4.51. The molecule has 0 saturated heterocycles. The zero-order valence-electron chi connectivity index (χ0n) is 6.55. The van der Waals surface area contributed by atoms with Crippen LogP contribution in [0.4, 0.5) is 0 Å². The minimum absolute atomic E-state index is 0.0451. The molecule has 1 aliphatic heterocycles. The van der Waals surface area contributed by atoms with Crippen LogP contribution in [-0.4, -0.2) is 12.1 Å². The van der Waals surface area contributed by atoms with Crippen molar-refractivity contribution in [3.63, 3.8) is 0 Å². The first-order valence-corrected chi connectivity index (χ1v) is 3.80. The summed E-state index contributed by atoms with van der Waals surface area (Å²) in [6, 6.07) is 0. The minimum atomic E-state index is 0.0451. The molecule has 10 heavy (non-hydrogen) atoms. The van der Waals surface area contributed by atoms with Crippen LogP contribution in [0.2, 0.25) is 0 Å². The topological polar surface area (TPSA) is 29.4 Å². The van der Waals surface area contributed by atoms with E-state index in [0.29, 0.717) is 6.42 Å². The Balaban J connectivity index is 2.70. The molecule has 0 aromatic carbocycles. The van der Waals surface area contributed by atoms with E-state index in [1.807, 2.05) is 6.21 Å². The van der Waals surface area contributed by atoms with Gasteiger partial charge in [-0.05, 0) is 12.8 Å². The molecular formula is C8H13NO. The Morgan fingerprint density at radius 2 is 2.20 bits per heavy atom. The highest BCUT2D eigenvalue weighted by molar-refractivity contribution is 5.94. The van der Waals surface area contributed by atoms with Gasteiger partial charge >= 0.3 is 0 Å². The van der Waals surface area contributed by atoms with Crippen LogP contribution in [0.5, 0.6) is 0 Å². The van der Waals surface area contributed by atoms with E-state index < -0.39 is 0 Å². The average molecular weight is 139 g/mol. The summed E-state index contributed by atoms with van der Waals surface area (Å²) in [4.78, 5) is 14.5. The van der Waals surface area contributed by atoms with E-state index in [2.05, 4.69) is 18.8 Å². The van der Waals surface area contributed by atoms with Crippen molar-refractivity contribution in [2.45, 2.75) is 33.1 Å². The second kappa shape index (κ2) is 2.52. The molecule has 0 aromatic rings. The van der Waals surface area contributed by atoms with Gasteiger partial charge in [-0.2, -0.15) is 0 Å². The highest BCUT2D eigenvalue weighted by Crippen LogP contribution is 2.32. The van der Waals surface area contributed by atoms with Crippen LogP contribution in [0.1, 0.15) is 33.1 Å². The molecule has 2 heteroatoms. The maximum absolute atomic E-state index is 10.8. The third-order valence-corrected chi connectivity index (χ3v) is 2.39. The molecule has 0 radical (unpaired) electrons. The van der Waals surface area contributed by atoms with Gasteiger partial charge in [0.25, 0.3) is 0 Å². The first kappa shape index (κ1) is 7.45. The lowest BCUT2D eigenvalue weighted by Crippen LogP contribution is -2.17. The summed E-state index contributed by atoms with van der Waals surface area (Å²) in [5.74, 6) is 0.0451. The standard InChI is InChI=1S/C8H13NO/c1-3-8(4-2)5-7(10)9-6-8/h6H,3-5H2,1-2H3. The van der Waals surface area contributed by atoms with Gasteiger partial charge in [0.05, 0.1) is 0 Å². The van der Waals surface area contributed by atoms with Crippen molar-refractivity contribution in [2.24, 2.45) is 10.4 Å². The van der Waals surface area contributed by atoms with E-state index in [1.165, 1.54) is 0 Å². The van der Waals surface area contributed by atoms with Gasteiger partial charge in [0, 0.05) is 18.1 Å². The molecule has 0 unspecified atom stereocenters. The lowest BCUT2D eigenvalue weighted by Gasteiger charge is -2.19. The molecule has 0 saturated carbocycles. The van der Waals surface area contributed by atoms with Gasteiger partial charge in [-0.25, -0.2) is 4.99 Å². The highest BCUT2D eigenvalue weighted by Gasteiger charge is 2.31. The maximum Gasteiger partial charge on any atom is 0.246 e. The third kappa shape index (κ3) is 1.11. The highest BCUT2D eigenvalue weighted by atomic mass is 16.1. The Morgan fingerprint density at radius 3 is 2.40 bits per heavy atom. The zero-order valence-corrected chi connectivity index (χ0v) is 6.55. The molecule has 0 bridgehead atoms. The largest absolute Gasteiger partial charge is 0.273 e. The van der Waals surface area contributed by atoms with Crippen molar-refractivity contribution in [2.75, 3.05) is 0 Å². The summed E-state index contributed by atoms with van der Waals surface area (Å²) < 4.78 is 0. The fourth-order valence-electron chi connectivity index (χ4n) is 1.28. The predicted molar refractivity (Wildman–Crippen MR) is 41.1 cm³/mol. The van der Waals surface area contributed by atoms with Crippen LogP contribution < -0.4 is 0 Å². The molecule has 56 valence electrons.